The first-order chi connectivity index (χ1) is 3.00. The van der Waals surface area contributed by atoms with Gasteiger partial charge >= 0.3 is 23.9 Å². The topological polar surface area (TPSA) is 24.1 Å². The minimum Gasteiger partial charge on any atom is 0 e. The second-order valence-electron chi connectivity index (χ2n) is 1.50. The fourth-order valence-corrected chi connectivity index (χ4v) is 0.604. The van der Waals surface area contributed by atoms with E-state index in [9.17, 15) is 0 Å². The van der Waals surface area contributed by atoms with E-state index >= 15 is 0 Å². The van der Waals surface area contributed by atoms with Crippen LogP contribution >= 0.6 is 0 Å². The van der Waals surface area contributed by atoms with Crippen LogP contribution in [0.25, 0.3) is 0 Å². The third-order valence-corrected chi connectivity index (χ3v) is 0.957. The molecule has 0 radical (unpaired) electrons. The molecule has 1 fully saturated rings. The molecule has 0 amide bonds. The van der Waals surface area contributed by atoms with E-state index in [1.807, 2.05) is 0 Å². The Hall–Kier alpha value is 1.34. The average Bonchev–Trinajstić information content (AvgIpc) is 1.72. The van der Waals surface area contributed by atoms with Crippen molar-refractivity contribution in [3.8, 4) is 0 Å². The van der Waals surface area contributed by atoms with Crippen LogP contribution in [0, 0.1) is 0 Å². The molecule has 1 heterocycles. The second kappa shape index (κ2) is 8.34. The summed E-state index contributed by atoms with van der Waals surface area (Å²) in [7, 11) is 0. The molecular formula is C4H14N2SnZn. The Morgan fingerprint density at radius 1 is 0.750 bits per heavy atom. The minimum absolute atomic E-state index is 0. The number of nitrogens with one attached hydrogen (secondary N) is 2. The Bertz CT molecular complexity index is 29.5. The zero-order valence-electron chi connectivity index (χ0n) is 4.54. The summed E-state index contributed by atoms with van der Waals surface area (Å²) in [6, 6.07) is 0. The van der Waals surface area contributed by atoms with Gasteiger partial charge in [0.15, 0.2) is 0 Å². The molecule has 0 aromatic carbocycles. The van der Waals surface area contributed by atoms with E-state index in [0.717, 1.165) is 26.2 Å². The number of hydrogen-bond donors (Lipinski definition) is 2. The molecule has 8 heavy (non-hydrogen) atoms. The number of rotatable bonds is 0. The molecule has 0 saturated carbocycles. The van der Waals surface area contributed by atoms with Crippen LogP contribution in [0.2, 0.25) is 0 Å². The molecule has 0 spiro atoms. The van der Waals surface area contributed by atoms with E-state index in [1.165, 1.54) is 0 Å². The molecule has 2 nitrogen and oxygen atoms in total. The monoisotopic (exact) mass is 274 g/mol. The Morgan fingerprint density at radius 2 is 1.00 bits per heavy atom. The van der Waals surface area contributed by atoms with Gasteiger partial charge in [0.05, 0.1) is 0 Å². The van der Waals surface area contributed by atoms with Crippen LogP contribution in [0.5, 0.6) is 0 Å². The first-order valence-corrected chi connectivity index (χ1v) is 2.41. The summed E-state index contributed by atoms with van der Waals surface area (Å²) in [5.41, 5.74) is 0. The van der Waals surface area contributed by atoms with E-state index in [4.69, 9.17) is 0 Å². The van der Waals surface area contributed by atoms with Gasteiger partial charge in [0.2, 0.25) is 0 Å². The first kappa shape index (κ1) is 12.1. The maximum absolute atomic E-state index is 3.22. The van der Waals surface area contributed by atoms with Gasteiger partial charge in [-0.05, 0) is 0 Å². The summed E-state index contributed by atoms with van der Waals surface area (Å²) in [4.78, 5) is 0. The molecule has 1 aliphatic rings. The van der Waals surface area contributed by atoms with Crippen molar-refractivity contribution in [2.24, 2.45) is 0 Å². The fourth-order valence-electron chi connectivity index (χ4n) is 0.604. The van der Waals surface area contributed by atoms with Crippen LogP contribution in [0.15, 0.2) is 0 Å². The van der Waals surface area contributed by atoms with E-state index in [1.54, 1.807) is 0 Å². The quantitative estimate of drug-likeness (QED) is 0.487. The zero-order chi connectivity index (χ0) is 4.24. The molecule has 0 aliphatic carbocycles. The Balaban J connectivity index is 0. The minimum atomic E-state index is 0. The SMILES string of the molecule is C1CNCCN1.[SnH4].[Zn]. The zero-order valence-corrected chi connectivity index (χ0v) is 7.50. The van der Waals surface area contributed by atoms with Gasteiger partial charge < -0.3 is 10.6 Å². The van der Waals surface area contributed by atoms with Gasteiger partial charge in [0, 0.05) is 45.7 Å². The van der Waals surface area contributed by atoms with E-state index in [2.05, 4.69) is 10.6 Å². The summed E-state index contributed by atoms with van der Waals surface area (Å²) in [5.74, 6) is 0. The summed E-state index contributed by atoms with van der Waals surface area (Å²) in [6.07, 6.45) is 0. The van der Waals surface area contributed by atoms with Crippen LogP contribution in [0.3, 0.4) is 0 Å². The van der Waals surface area contributed by atoms with Gasteiger partial charge in [-0.1, -0.05) is 0 Å². The molecular weight excluding hydrogens is 260 g/mol. The fraction of sp³-hybridized carbons (Fsp3) is 1.00. The third-order valence-electron chi connectivity index (χ3n) is 0.957. The molecule has 0 unspecified atom stereocenters. The molecule has 0 atom stereocenters. The van der Waals surface area contributed by atoms with Crippen molar-refractivity contribution in [3.63, 3.8) is 0 Å². The van der Waals surface area contributed by atoms with Gasteiger partial charge in [-0.25, -0.2) is 0 Å². The molecule has 0 aromatic rings. The van der Waals surface area contributed by atoms with Crippen molar-refractivity contribution >= 4 is 23.9 Å². The molecule has 1 aliphatic heterocycles. The van der Waals surface area contributed by atoms with Gasteiger partial charge in [-0.15, -0.1) is 0 Å². The Labute approximate surface area is 79.9 Å². The van der Waals surface area contributed by atoms with E-state index < -0.39 is 0 Å². The van der Waals surface area contributed by atoms with Crippen molar-refractivity contribution in [1.82, 2.24) is 10.6 Å². The standard InChI is InChI=1S/C4H10N2.Sn.Zn.4H/c1-2-6-4-3-5-1;;;;;;/h5-6H,1-4H2;;;;;;. The maximum atomic E-state index is 3.22. The number of hydrogen-bond acceptors (Lipinski definition) is 2. The normalized spacial score (nSPS) is 18.0. The smallest absolute Gasteiger partial charge is 0 e. The van der Waals surface area contributed by atoms with Crippen molar-refractivity contribution in [3.05, 3.63) is 0 Å². The molecule has 0 aromatic heterocycles. The van der Waals surface area contributed by atoms with E-state index in [-0.39, 0.29) is 43.4 Å². The second-order valence-corrected chi connectivity index (χ2v) is 1.50. The van der Waals surface area contributed by atoms with Crippen molar-refractivity contribution in [1.29, 1.82) is 0 Å². The predicted molar refractivity (Wildman–Crippen MR) is 37.1 cm³/mol. The molecule has 2 N–H and O–H groups in total. The Kier molecular flexibility index (Phi) is 12.6. The van der Waals surface area contributed by atoms with Crippen molar-refractivity contribution < 1.29 is 19.5 Å². The molecule has 0 bridgehead atoms. The molecule has 4 heteroatoms. The molecule has 1 saturated heterocycles. The molecule has 46 valence electrons. The summed E-state index contributed by atoms with van der Waals surface area (Å²) >= 11 is 0. The van der Waals surface area contributed by atoms with E-state index in [0.29, 0.717) is 0 Å². The molecule has 1 rings (SSSR count). The van der Waals surface area contributed by atoms with Crippen LogP contribution in [0.4, 0.5) is 0 Å². The van der Waals surface area contributed by atoms with Crippen LogP contribution in [-0.4, -0.2) is 50.1 Å². The van der Waals surface area contributed by atoms with Crippen LogP contribution in [-0.2, 0) is 19.5 Å². The summed E-state index contributed by atoms with van der Waals surface area (Å²) in [6.45, 7) is 4.56. The predicted octanol–water partition coefficient (Wildman–Crippen LogP) is -2.27. The van der Waals surface area contributed by atoms with Crippen molar-refractivity contribution in [2.75, 3.05) is 26.2 Å². The Morgan fingerprint density at radius 3 is 1.12 bits per heavy atom. The summed E-state index contributed by atoms with van der Waals surface area (Å²) < 4.78 is 0. The van der Waals surface area contributed by atoms with Gasteiger partial charge in [-0.3, -0.25) is 0 Å². The first-order valence-electron chi connectivity index (χ1n) is 2.41. The largest absolute Gasteiger partial charge is 0 e. The van der Waals surface area contributed by atoms with Gasteiger partial charge in [0.1, 0.15) is 0 Å². The third kappa shape index (κ3) is 5.48. The van der Waals surface area contributed by atoms with Gasteiger partial charge in [0.25, 0.3) is 0 Å². The van der Waals surface area contributed by atoms with Crippen LogP contribution in [0.1, 0.15) is 0 Å². The van der Waals surface area contributed by atoms with Crippen molar-refractivity contribution in [2.45, 2.75) is 0 Å². The number of piperazine rings is 1. The average molecular weight is 274 g/mol. The maximum Gasteiger partial charge on any atom is 0 e. The summed E-state index contributed by atoms with van der Waals surface area (Å²) in [5, 5.41) is 6.44. The van der Waals surface area contributed by atoms with Gasteiger partial charge in [-0.2, -0.15) is 0 Å². The van der Waals surface area contributed by atoms with Crippen LogP contribution < -0.4 is 10.6 Å².